The van der Waals surface area contributed by atoms with Crippen molar-refractivity contribution in [3.05, 3.63) is 89.0 Å². The summed E-state index contributed by atoms with van der Waals surface area (Å²) in [6, 6.07) is 18.6. The summed E-state index contributed by atoms with van der Waals surface area (Å²) in [4.78, 5) is 28.1. The van der Waals surface area contributed by atoms with Crippen LogP contribution in [-0.2, 0) is 4.74 Å². The number of benzene rings is 3. The maximum atomic E-state index is 14.6. The molecule has 5 nitrogen and oxygen atoms in total. The highest BCUT2D eigenvalue weighted by Crippen LogP contribution is 2.45. The van der Waals surface area contributed by atoms with Crippen LogP contribution in [0.5, 0.6) is 5.75 Å². The van der Waals surface area contributed by atoms with E-state index in [1.165, 1.54) is 30.4 Å². The predicted octanol–water partition coefficient (Wildman–Crippen LogP) is 6.35. The molecule has 2 fully saturated rings. The monoisotopic (exact) mass is 503 g/mol. The molecule has 7 heteroatoms. The number of nitrogens with zero attached hydrogens (tertiary/aromatic N) is 1. The van der Waals surface area contributed by atoms with E-state index in [4.69, 9.17) is 9.47 Å². The first kappa shape index (κ1) is 23.6. The van der Waals surface area contributed by atoms with Gasteiger partial charge in [0.1, 0.15) is 6.61 Å². The Morgan fingerprint density at radius 1 is 0.865 bits per heavy atom. The smallest absolute Gasteiger partial charge is 0.410 e. The summed E-state index contributed by atoms with van der Waals surface area (Å²) in [5, 5.41) is 0. The minimum absolute atomic E-state index is 0.0268. The SMILES string of the molecule is COc1ccc(C(=O)C2CC3CCC(C2)N3C(=O)OCC2c3ccccc3-c3ccccc32)c(F)c1F. The van der Waals surface area contributed by atoms with Gasteiger partial charge in [-0.05, 0) is 60.1 Å². The number of rotatable bonds is 5. The number of ether oxygens (including phenoxy) is 2. The van der Waals surface area contributed by atoms with Crippen molar-refractivity contribution in [3.8, 4) is 16.9 Å². The van der Waals surface area contributed by atoms with Crippen LogP contribution in [0.15, 0.2) is 60.7 Å². The largest absolute Gasteiger partial charge is 0.494 e. The summed E-state index contributed by atoms with van der Waals surface area (Å²) >= 11 is 0. The number of amides is 1. The zero-order valence-electron chi connectivity index (χ0n) is 20.5. The molecular weight excluding hydrogens is 476 g/mol. The molecule has 2 bridgehead atoms. The fourth-order valence-corrected chi connectivity index (χ4v) is 6.46. The highest BCUT2D eigenvalue weighted by atomic mass is 19.2. The number of carbonyl (C=O) groups is 2. The van der Waals surface area contributed by atoms with E-state index in [1.54, 1.807) is 4.90 Å². The van der Waals surface area contributed by atoms with E-state index < -0.39 is 23.3 Å². The molecule has 0 spiro atoms. The molecule has 2 unspecified atom stereocenters. The summed E-state index contributed by atoms with van der Waals surface area (Å²) in [5.41, 5.74) is 4.37. The van der Waals surface area contributed by atoms with Gasteiger partial charge in [-0.1, -0.05) is 48.5 Å². The summed E-state index contributed by atoms with van der Waals surface area (Å²) in [6.45, 7) is 0.238. The van der Waals surface area contributed by atoms with Crippen LogP contribution >= 0.6 is 0 Å². The molecule has 6 rings (SSSR count). The van der Waals surface area contributed by atoms with E-state index in [2.05, 4.69) is 24.3 Å². The van der Waals surface area contributed by atoms with Gasteiger partial charge in [-0.2, -0.15) is 4.39 Å². The summed E-state index contributed by atoms with van der Waals surface area (Å²) in [5.74, 6) is -3.51. The van der Waals surface area contributed by atoms with Crippen molar-refractivity contribution in [3.63, 3.8) is 0 Å². The minimum atomic E-state index is -1.18. The Morgan fingerprint density at radius 3 is 2.05 bits per heavy atom. The topological polar surface area (TPSA) is 55.8 Å². The number of methoxy groups -OCH3 is 1. The van der Waals surface area contributed by atoms with Gasteiger partial charge >= 0.3 is 6.09 Å². The third-order valence-electron chi connectivity index (χ3n) is 8.18. The molecule has 0 N–H and O–H groups in total. The molecule has 2 heterocycles. The third kappa shape index (κ3) is 3.88. The molecule has 2 atom stereocenters. The Hall–Kier alpha value is -3.74. The van der Waals surface area contributed by atoms with Crippen LogP contribution in [0.1, 0.15) is 53.1 Å². The van der Waals surface area contributed by atoms with Gasteiger partial charge in [0.2, 0.25) is 5.82 Å². The highest BCUT2D eigenvalue weighted by Gasteiger charge is 2.46. The van der Waals surface area contributed by atoms with E-state index in [9.17, 15) is 18.4 Å². The first-order valence-corrected chi connectivity index (χ1v) is 12.7. The number of ketones is 1. The Bertz CT molecular complexity index is 1330. The minimum Gasteiger partial charge on any atom is -0.494 e. The van der Waals surface area contributed by atoms with Crippen molar-refractivity contribution in [1.82, 2.24) is 4.90 Å². The maximum Gasteiger partial charge on any atom is 0.410 e. The molecule has 3 aromatic carbocycles. The lowest BCUT2D eigenvalue weighted by Gasteiger charge is -2.37. The summed E-state index contributed by atoms with van der Waals surface area (Å²) < 4.78 is 39.5. The number of fused-ring (bicyclic) bond motifs is 5. The van der Waals surface area contributed by atoms with Crippen LogP contribution in [0.4, 0.5) is 13.6 Å². The van der Waals surface area contributed by atoms with Crippen molar-refractivity contribution in [2.75, 3.05) is 13.7 Å². The number of carbonyl (C=O) groups excluding carboxylic acids is 2. The molecule has 0 saturated carbocycles. The van der Waals surface area contributed by atoms with Crippen LogP contribution < -0.4 is 4.74 Å². The van der Waals surface area contributed by atoms with Crippen LogP contribution in [0, 0.1) is 17.6 Å². The number of piperidine rings is 1. The molecular formula is C30H27F2NO4. The van der Waals surface area contributed by atoms with Gasteiger partial charge in [-0.15, -0.1) is 0 Å². The van der Waals surface area contributed by atoms with Crippen molar-refractivity contribution in [1.29, 1.82) is 0 Å². The standard InChI is InChI=1S/C30H27F2NO4/c1-36-26-13-12-24(27(31)28(26)32)29(34)17-14-18-10-11-19(15-17)33(18)30(35)37-16-25-22-8-4-2-6-20(22)21-7-3-5-9-23(21)25/h2-9,12-13,17-19,25H,10-11,14-16H2,1H3. The molecule has 37 heavy (non-hydrogen) atoms. The number of halogens is 2. The molecule has 1 amide bonds. The Labute approximate surface area is 214 Å². The van der Waals surface area contributed by atoms with Crippen LogP contribution in [0.3, 0.4) is 0 Å². The zero-order valence-corrected chi connectivity index (χ0v) is 20.5. The van der Waals surface area contributed by atoms with Crippen molar-refractivity contribution < 1.29 is 27.8 Å². The zero-order chi connectivity index (χ0) is 25.7. The van der Waals surface area contributed by atoms with Gasteiger partial charge in [0.05, 0.1) is 12.7 Å². The second kappa shape index (κ2) is 9.29. The normalized spacial score (nSPS) is 21.9. The Morgan fingerprint density at radius 2 is 1.46 bits per heavy atom. The lowest BCUT2D eigenvalue weighted by Crippen LogP contribution is -2.48. The first-order valence-electron chi connectivity index (χ1n) is 12.7. The van der Waals surface area contributed by atoms with Crippen molar-refractivity contribution in [2.24, 2.45) is 5.92 Å². The number of hydrogen-bond donors (Lipinski definition) is 0. The van der Waals surface area contributed by atoms with E-state index in [0.29, 0.717) is 12.8 Å². The average Bonchev–Trinajstić information content (AvgIpc) is 3.38. The fourth-order valence-electron chi connectivity index (χ4n) is 6.46. The van der Waals surface area contributed by atoms with Crippen LogP contribution in [-0.4, -0.2) is 42.6 Å². The molecule has 2 aliphatic heterocycles. The summed E-state index contributed by atoms with van der Waals surface area (Å²) in [6.07, 6.45) is 1.97. The molecule has 2 saturated heterocycles. The molecule has 1 aliphatic carbocycles. The first-order chi connectivity index (χ1) is 18.0. The molecule has 3 aliphatic rings. The maximum absolute atomic E-state index is 14.6. The van der Waals surface area contributed by atoms with Gasteiger partial charge in [-0.25, -0.2) is 9.18 Å². The fraction of sp³-hybridized carbons (Fsp3) is 0.333. The van der Waals surface area contributed by atoms with E-state index in [-0.39, 0.29) is 42.0 Å². The Balaban J connectivity index is 1.15. The van der Waals surface area contributed by atoms with Gasteiger partial charge in [0.25, 0.3) is 0 Å². The second-order valence-electron chi connectivity index (χ2n) is 10.1. The second-order valence-corrected chi connectivity index (χ2v) is 10.1. The Kier molecular flexibility index (Phi) is 5.94. The molecule has 0 radical (unpaired) electrons. The van der Waals surface area contributed by atoms with Gasteiger partial charge in [0.15, 0.2) is 17.3 Å². The number of hydrogen-bond acceptors (Lipinski definition) is 4. The summed E-state index contributed by atoms with van der Waals surface area (Å²) in [7, 11) is 1.25. The molecule has 190 valence electrons. The third-order valence-corrected chi connectivity index (χ3v) is 8.18. The van der Waals surface area contributed by atoms with Crippen molar-refractivity contribution in [2.45, 2.75) is 43.7 Å². The average molecular weight is 504 g/mol. The van der Waals surface area contributed by atoms with Gasteiger partial charge in [0, 0.05) is 23.9 Å². The molecule has 3 aromatic rings. The van der Waals surface area contributed by atoms with E-state index in [1.807, 2.05) is 24.3 Å². The van der Waals surface area contributed by atoms with Crippen LogP contribution in [0.25, 0.3) is 11.1 Å². The number of Topliss-reactive ketones (excluding diaryl/α,β-unsaturated/α-hetero) is 1. The highest BCUT2D eigenvalue weighted by molar-refractivity contribution is 5.98. The lowest BCUT2D eigenvalue weighted by molar-refractivity contribution is 0.0504. The quantitative estimate of drug-likeness (QED) is 0.381. The molecule has 0 aromatic heterocycles. The van der Waals surface area contributed by atoms with Gasteiger partial charge in [-0.3, -0.25) is 4.79 Å². The lowest BCUT2D eigenvalue weighted by atomic mass is 9.84. The van der Waals surface area contributed by atoms with Gasteiger partial charge < -0.3 is 14.4 Å². The van der Waals surface area contributed by atoms with Crippen LogP contribution in [0.2, 0.25) is 0 Å². The van der Waals surface area contributed by atoms with Crippen molar-refractivity contribution >= 4 is 11.9 Å². The van der Waals surface area contributed by atoms with E-state index in [0.717, 1.165) is 24.0 Å². The van der Waals surface area contributed by atoms with E-state index >= 15 is 0 Å². The predicted molar refractivity (Wildman–Crippen MR) is 134 cm³/mol.